The highest BCUT2D eigenvalue weighted by Gasteiger charge is 2.28. The third kappa shape index (κ3) is 3.38. The molecule has 1 aliphatic rings. The van der Waals surface area contributed by atoms with E-state index in [1.807, 2.05) is 18.2 Å². The molecule has 5 heteroatoms. The Labute approximate surface area is 139 Å². The molecule has 2 aromatic carbocycles. The van der Waals surface area contributed by atoms with Gasteiger partial charge in [-0.3, -0.25) is 4.79 Å². The van der Waals surface area contributed by atoms with E-state index < -0.39 is 6.04 Å². The minimum absolute atomic E-state index is 0.0179. The van der Waals surface area contributed by atoms with Gasteiger partial charge in [0, 0.05) is 18.1 Å². The van der Waals surface area contributed by atoms with Crippen molar-refractivity contribution in [3.05, 3.63) is 70.0 Å². The summed E-state index contributed by atoms with van der Waals surface area (Å²) in [7, 11) is 0. The molecule has 1 fully saturated rings. The molecule has 0 spiro atoms. The zero-order valence-electron chi connectivity index (χ0n) is 12.8. The smallest absolute Gasteiger partial charge is 0.226 e. The van der Waals surface area contributed by atoms with E-state index in [2.05, 4.69) is 10.6 Å². The fourth-order valence-corrected chi connectivity index (χ4v) is 2.88. The first kappa shape index (κ1) is 16.0. The van der Waals surface area contributed by atoms with Crippen molar-refractivity contribution in [2.45, 2.75) is 13.0 Å². The lowest BCUT2D eigenvalue weighted by Gasteiger charge is -2.29. The summed E-state index contributed by atoms with van der Waals surface area (Å²) in [6.07, 6.45) is 0. The number of amides is 1. The zero-order chi connectivity index (χ0) is 16.4. The molecule has 0 radical (unpaired) electrons. The Morgan fingerprint density at radius 3 is 2.65 bits per heavy atom. The first-order valence-corrected chi connectivity index (χ1v) is 7.95. The van der Waals surface area contributed by atoms with E-state index >= 15 is 0 Å². The number of aryl methyl sites for hydroxylation is 1. The summed E-state index contributed by atoms with van der Waals surface area (Å²) in [6, 6.07) is 11.9. The Morgan fingerprint density at radius 2 is 2.04 bits per heavy atom. The summed E-state index contributed by atoms with van der Waals surface area (Å²) in [4.78, 5) is 12.4. The average Bonchev–Trinajstić information content (AvgIpc) is 2.47. The fraction of sp³-hybridized carbons (Fsp3) is 0.278. The van der Waals surface area contributed by atoms with Crippen LogP contribution in [0.5, 0.6) is 0 Å². The molecule has 23 heavy (non-hydrogen) atoms. The SMILES string of the molecule is Cc1cc(C(NC(=O)C2CNC2)c2ccccc2Cl)ccc1F. The minimum atomic E-state index is -0.393. The van der Waals surface area contributed by atoms with Crippen LogP contribution in [0.4, 0.5) is 4.39 Å². The maximum atomic E-state index is 13.6. The average molecular weight is 333 g/mol. The molecule has 2 aromatic rings. The lowest BCUT2D eigenvalue weighted by molar-refractivity contribution is -0.126. The number of halogens is 2. The van der Waals surface area contributed by atoms with Crippen molar-refractivity contribution in [3.63, 3.8) is 0 Å². The van der Waals surface area contributed by atoms with Crippen LogP contribution in [-0.2, 0) is 4.79 Å². The van der Waals surface area contributed by atoms with Gasteiger partial charge in [-0.05, 0) is 35.7 Å². The molecule has 0 aromatic heterocycles. The first-order valence-electron chi connectivity index (χ1n) is 7.58. The monoisotopic (exact) mass is 332 g/mol. The molecule has 1 heterocycles. The molecule has 0 bridgehead atoms. The summed E-state index contributed by atoms with van der Waals surface area (Å²) < 4.78 is 13.6. The summed E-state index contributed by atoms with van der Waals surface area (Å²) in [6.45, 7) is 3.08. The summed E-state index contributed by atoms with van der Waals surface area (Å²) in [5.41, 5.74) is 2.16. The number of hydrogen-bond acceptors (Lipinski definition) is 2. The highest BCUT2D eigenvalue weighted by atomic mass is 35.5. The van der Waals surface area contributed by atoms with E-state index in [9.17, 15) is 9.18 Å². The highest BCUT2D eigenvalue weighted by molar-refractivity contribution is 6.31. The standard InChI is InChI=1S/C18H18ClFN2O/c1-11-8-12(6-7-16(11)20)17(14-4-2-3-5-15(14)19)22-18(23)13-9-21-10-13/h2-8,13,17,21H,9-10H2,1H3,(H,22,23). The van der Waals surface area contributed by atoms with Gasteiger partial charge in [-0.15, -0.1) is 0 Å². The predicted octanol–water partition coefficient (Wildman–Crippen LogP) is 3.21. The quantitative estimate of drug-likeness (QED) is 0.902. The molecule has 0 aliphatic carbocycles. The summed E-state index contributed by atoms with van der Waals surface area (Å²) in [5.74, 6) is -0.307. The van der Waals surface area contributed by atoms with Gasteiger partial charge in [-0.2, -0.15) is 0 Å². The molecule has 1 saturated heterocycles. The number of nitrogens with one attached hydrogen (secondary N) is 2. The van der Waals surface area contributed by atoms with Gasteiger partial charge in [0.25, 0.3) is 0 Å². The Hall–Kier alpha value is -1.91. The molecule has 1 unspecified atom stereocenters. The maximum Gasteiger partial charge on any atom is 0.226 e. The molecule has 120 valence electrons. The van der Waals surface area contributed by atoms with Crippen LogP contribution in [0, 0.1) is 18.7 Å². The van der Waals surface area contributed by atoms with Crippen LogP contribution in [0.15, 0.2) is 42.5 Å². The van der Waals surface area contributed by atoms with Gasteiger partial charge in [0.1, 0.15) is 5.82 Å². The Kier molecular flexibility index (Phi) is 4.64. The fourth-order valence-electron chi connectivity index (χ4n) is 2.63. The van der Waals surface area contributed by atoms with Gasteiger partial charge in [0.05, 0.1) is 12.0 Å². The predicted molar refractivity (Wildman–Crippen MR) is 88.9 cm³/mol. The second-order valence-electron chi connectivity index (χ2n) is 5.83. The third-order valence-electron chi connectivity index (χ3n) is 4.17. The Bertz CT molecular complexity index is 731. The number of carbonyl (C=O) groups is 1. The molecule has 3 rings (SSSR count). The molecular weight excluding hydrogens is 315 g/mol. The normalized spacial score (nSPS) is 15.8. The van der Waals surface area contributed by atoms with E-state index in [4.69, 9.17) is 11.6 Å². The van der Waals surface area contributed by atoms with Crippen molar-refractivity contribution < 1.29 is 9.18 Å². The topological polar surface area (TPSA) is 41.1 Å². The van der Waals surface area contributed by atoms with Crippen LogP contribution >= 0.6 is 11.6 Å². The van der Waals surface area contributed by atoms with Crippen molar-refractivity contribution in [1.29, 1.82) is 0 Å². The lowest BCUT2D eigenvalue weighted by atomic mass is 9.95. The molecule has 1 atom stereocenters. The largest absolute Gasteiger partial charge is 0.345 e. The second kappa shape index (κ2) is 6.69. The van der Waals surface area contributed by atoms with Crippen LogP contribution in [0.1, 0.15) is 22.7 Å². The Balaban J connectivity index is 1.96. The van der Waals surface area contributed by atoms with Gasteiger partial charge in [0.2, 0.25) is 5.91 Å². The molecular formula is C18H18ClFN2O. The van der Waals surface area contributed by atoms with E-state index in [0.29, 0.717) is 23.7 Å². The molecule has 1 amide bonds. The Morgan fingerprint density at radius 1 is 1.30 bits per heavy atom. The minimum Gasteiger partial charge on any atom is -0.345 e. The van der Waals surface area contributed by atoms with Crippen molar-refractivity contribution in [3.8, 4) is 0 Å². The zero-order valence-corrected chi connectivity index (χ0v) is 13.5. The summed E-state index contributed by atoms with van der Waals surface area (Å²) >= 11 is 6.31. The van der Waals surface area contributed by atoms with Gasteiger partial charge < -0.3 is 10.6 Å². The lowest BCUT2D eigenvalue weighted by Crippen LogP contribution is -2.51. The van der Waals surface area contributed by atoms with E-state index in [-0.39, 0.29) is 17.6 Å². The van der Waals surface area contributed by atoms with Gasteiger partial charge >= 0.3 is 0 Å². The van der Waals surface area contributed by atoms with Crippen molar-refractivity contribution >= 4 is 17.5 Å². The van der Waals surface area contributed by atoms with Gasteiger partial charge in [-0.1, -0.05) is 41.9 Å². The molecule has 1 aliphatic heterocycles. The van der Waals surface area contributed by atoms with Gasteiger partial charge in [0.15, 0.2) is 0 Å². The number of rotatable bonds is 4. The van der Waals surface area contributed by atoms with Crippen LogP contribution in [-0.4, -0.2) is 19.0 Å². The van der Waals surface area contributed by atoms with Crippen molar-refractivity contribution in [1.82, 2.24) is 10.6 Å². The summed E-state index contributed by atoms with van der Waals surface area (Å²) in [5, 5.41) is 6.72. The number of carbonyl (C=O) groups excluding carboxylic acids is 1. The molecule has 3 nitrogen and oxygen atoms in total. The third-order valence-corrected chi connectivity index (χ3v) is 4.51. The van der Waals surface area contributed by atoms with Crippen molar-refractivity contribution in [2.24, 2.45) is 5.92 Å². The highest BCUT2D eigenvalue weighted by Crippen LogP contribution is 2.29. The van der Waals surface area contributed by atoms with Crippen molar-refractivity contribution in [2.75, 3.05) is 13.1 Å². The molecule has 2 N–H and O–H groups in total. The van der Waals surface area contributed by atoms with E-state index in [1.165, 1.54) is 6.07 Å². The second-order valence-corrected chi connectivity index (χ2v) is 6.23. The molecule has 0 saturated carbocycles. The number of hydrogen-bond donors (Lipinski definition) is 2. The van der Waals surface area contributed by atoms with Crippen LogP contribution in [0.25, 0.3) is 0 Å². The van der Waals surface area contributed by atoms with E-state index in [1.54, 1.807) is 25.1 Å². The van der Waals surface area contributed by atoms with Crippen LogP contribution < -0.4 is 10.6 Å². The van der Waals surface area contributed by atoms with Gasteiger partial charge in [-0.25, -0.2) is 4.39 Å². The number of benzene rings is 2. The van der Waals surface area contributed by atoms with Crippen LogP contribution in [0.2, 0.25) is 5.02 Å². The maximum absolute atomic E-state index is 13.6. The first-order chi connectivity index (χ1) is 11.1. The van der Waals surface area contributed by atoms with E-state index in [0.717, 1.165) is 11.1 Å². The van der Waals surface area contributed by atoms with Crippen LogP contribution in [0.3, 0.4) is 0 Å².